The van der Waals surface area contributed by atoms with Crippen LogP contribution in [0.2, 0.25) is 0 Å². The van der Waals surface area contributed by atoms with E-state index in [2.05, 4.69) is 17.7 Å². The Balaban J connectivity index is 0.00000484. The molecule has 0 bridgehead atoms. The molecule has 0 amide bonds. The zero-order valence-corrected chi connectivity index (χ0v) is 17.6. The van der Waals surface area contributed by atoms with Crippen LogP contribution in [0, 0.1) is 12.3 Å². The Morgan fingerprint density at radius 2 is 1.65 bits per heavy atom. The van der Waals surface area contributed by atoms with E-state index in [9.17, 15) is 18.6 Å². The molecule has 0 saturated carbocycles. The third kappa shape index (κ3) is 9.15. The number of rotatable bonds is 8. The van der Waals surface area contributed by atoms with Crippen molar-refractivity contribution in [3.8, 4) is 0 Å². The maximum atomic E-state index is 11.5. The van der Waals surface area contributed by atoms with Gasteiger partial charge in [-0.3, -0.25) is 9.05 Å². The van der Waals surface area contributed by atoms with Crippen LogP contribution >= 0.6 is 23.5 Å². The van der Waals surface area contributed by atoms with Crippen LogP contribution in [-0.2, 0) is 68.8 Å². The average molecular weight is 468 g/mol. The second-order valence-electron chi connectivity index (χ2n) is 4.24. The molecular weight excluding hydrogens is 453 g/mol. The van der Waals surface area contributed by atoms with Crippen LogP contribution in [0.3, 0.4) is 0 Å². The van der Waals surface area contributed by atoms with E-state index in [-0.39, 0.29) is 38.6 Å². The van der Waals surface area contributed by atoms with Gasteiger partial charge in [-0.1, -0.05) is 12.9 Å². The van der Waals surface area contributed by atoms with E-state index in [0.717, 1.165) is 0 Å². The van der Waals surface area contributed by atoms with E-state index in [4.69, 9.17) is 22.4 Å². The quantitative estimate of drug-likeness (QED) is 0.262. The Labute approximate surface area is 159 Å². The monoisotopic (exact) mass is 468 g/mol. The van der Waals surface area contributed by atoms with Gasteiger partial charge in [0.05, 0.1) is 20.6 Å². The molecule has 1 saturated heterocycles. The van der Waals surface area contributed by atoms with Gasteiger partial charge in [0.25, 0.3) is 0 Å². The Bertz CT molecular complexity index is 532. The molecule has 0 aromatic carbocycles. The van der Waals surface area contributed by atoms with Gasteiger partial charge >= 0.3 is 23.5 Å². The fourth-order valence-electron chi connectivity index (χ4n) is 1.49. The molecule has 23 heavy (non-hydrogen) atoms. The first-order valence-corrected chi connectivity index (χ1v) is 10.2. The number of hydrogen-bond acceptors (Lipinski definition) is 8. The Kier molecular flexibility index (Phi) is 10.1. The predicted molar refractivity (Wildman–Crippen MR) is 72.5 cm³/mol. The van der Waals surface area contributed by atoms with Crippen molar-refractivity contribution in [2.45, 2.75) is 19.0 Å². The van der Waals surface area contributed by atoms with Gasteiger partial charge < -0.3 is 25.8 Å². The second-order valence-corrected chi connectivity index (χ2v) is 8.98. The van der Waals surface area contributed by atoms with E-state index in [1.807, 2.05) is 0 Å². The summed E-state index contributed by atoms with van der Waals surface area (Å²) in [5, 5.41) is 0. The molecule has 1 heterocycles. The third-order valence-corrected chi connectivity index (χ3v) is 6.70. The van der Waals surface area contributed by atoms with Gasteiger partial charge in [0.1, 0.15) is 0 Å². The number of phosphoric ester groups is 2. The normalized spacial score (nSPS) is 32.3. The van der Waals surface area contributed by atoms with E-state index >= 15 is 0 Å². The van der Waals surface area contributed by atoms with E-state index < -0.39 is 42.2 Å². The van der Waals surface area contributed by atoms with Gasteiger partial charge in [-0.2, -0.15) is 8.62 Å². The minimum Gasteiger partial charge on any atom is -0.415 e. The van der Waals surface area contributed by atoms with Crippen LogP contribution in [0.15, 0.2) is 0 Å². The minimum atomic E-state index is -5.39. The first-order valence-electron chi connectivity index (χ1n) is 5.73. The summed E-state index contributed by atoms with van der Waals surface area (Å²) in [5.74, 6) is -0.196. The van der Waals surface area contributed by atoms with Crippen LogP contribution < -0.4 is 0 Å². The molecule has 1 aliphatic rings. The van der Waals surface area contributed by atoms with Crippen molar-refractivity contribution in [1.82, 2.24) is 0 Å². The smallest absolute Gasteiger partial charge is 0.415 e. The second kappa shape index (κ2) is 9.47. The molecule has 1 aliphatic heterocycles. The summed E-state index contributed by atoms with van der Waals surface area (Å²) < 4.78 is 54.9. The summed E-state index contributed by atoms with van der Waals surface area (Å²) in [5.41, 5.74) is 0. The summed E-state index contributed by atoms with van der Waals surface area (Å²) >= 11 is 0. The molecule has 3 radical (unpaired) electrons. The van der Waals surface area contributed by atoms with Crippen molar-refractivity contribution in [1.29, 1.82) is 0 Å². The number of ether oxygens (including phenoxy) is 1. The maximum Gasteiger partial charge on any atom is 0.490 e. The van der Waals surface area contributed by atoms with Crippen molar-refractivity contribution >= 4 is 31.3 Å². The van der Waals surface area contributed by atoms with Gasteiger partial charge in [-0.05, 0) is 0 Å². The molecule has 3 unspecified atom stereocenters. The molecular formula is C7H15BO11P3Y-. The zero-order chi connectivity index (χ0) is 17.2. The first kappa shape index (κ1) is 24.5. The van der Waals surface area contributed by atoms with Gasteiger partial charge in [0.2, 0.25) is 0 Å². The number of phosphoric acid groups is 3. The fourth-order valence-corrected chi connectivity index (χ4v) is 4.75. The Morgan fingerprint density at radius 1 is 1.13 bits per heavy atom. The van der Waals surface area contributed by atoms with Crippen LogP contribution in [0.25, 0.3) is 0 Å². The molecule has 1 rings (SSSR count). The van der Waals surface area contributed by atoms with Crippen LogP contribution in [0.1, 0.15) is 6.92 Å². The molecule has 0 aliphatic carbocycles. The maximum absolute atomic E-state index is 11.5. The third-order valence-electron chi connectivity index (χ3n) is 2.46. The van der Waals surface area contributed by atoms with Crippen molar-refractivity contribution in [3.63, 3.8) is 0 Å². The van der Waals surface area contributed by atoms with Crippen LogP contribution in [0.5, 0.6) is 0 Å². The molecule has 6 atom stereocenters. The van der Waals surface area contributed by atoms with Gasteiger partial charge in [0.15, 0.2) is 0 Å². The standard InChI is InChI=1S/C7H15BO11P3.Y/c1-5-3-7(8)17-6(5)4-16-21(11,12)19-22(13,14)18-20(9,10)15-2;/h3,5-7H,4H2,1-2H3,(H,9,10)(H,11,12)(H,13,14);/q-1;/t5-,6-,7-;/m1./s1. The molecule has 131 valence electrons. The SMILES string of the molecule is [B][C@H]1[CH-][C@@H](C)[C@@H](COP(=O)(O)OP(=O)(O)OP(=O)(O)OC)O1.[Y]. The molecule has 3 N–H and O–H groups in total. The van der Waals surface area contributed by atoms with Crippen molar-refractivity contribution in [2.24, 2.45) is 5.92 Å². The van der Waals surface area contributed by atoms with Crippen molar-refractivity contribution in [2.75, 3.05) is 13.7 Å². The van der Waals surface area contributed by atoms with Gasteiger partial charge in [0, 0.05) is 39.8 Å². The molecule has 1 fully saturated rings. The first-order chi connectivity index (χ1) is 9.86. The molecule has 0 spiro atoms. The zero-order valence-electron chi connectivity index (χ0n) is 12.1. The van der Waals surface area contributed by atoms with Gasteiger partial charge in [-0.15, -0.1) is 5.92 Å². The Hall–Kier alpha value is 1.54. The molecule has 16 heteroatoms. The molecule has 0 aromatic rings. The van der Waals surface area contributed by atoms with Crippen molar-refractivity contribution < 1.29 is 83.5 Å². The van der Waals surface area contributed by atoms with Crippen LogP contribution in [-0.4, -0.2) is 48.4 Å². The largest absolute Gasteiger partial charge is 0.490 e. The van der Waals surface area contributed by atoms with Crippen molar-refractivity contribution in [3.05, 3.63) is 6.42 Å². The predicted octanol–water partition coefficient (Wildman–Crippen LogP) is 0.715. The average Bonchev–Trinajstić information content (AvgIpc) is 2.62. The molecule has 0 aromatic heterocycles. The minimum absolute atomic E-state index is 0. The van der Waals surface area contributed by atoms with E-state index in [0.29, 0.717) is 7.11 Å². The Morgan fingerprint density at radius 3 is 2.09 bits per heavy atom. The van der Waals surface area contributed by atoms with Crippen LogP contribution in [0.4, 0.5) is 0 Å². The fraction of sp³-hybridized carbons (Fsp3) is 0.857. The van der Waals surface area contributed by atoms with E-state index in [1.54, 1.807) is 13.3 Å². The summed E-state index contributed by atoms with van der Waals surface area (Å²) in [7, 11) is -9.19. The summed E-state index contributed by atoms with van der Waals surface area (Å²) in [4.78, 5) is 27.3. The van der Waals surface area contributed by atoms with Gasteiger partial charge in [-0.25, -0.2) is 13.7 Å². The topological polar surface area (TPSA) is 158 Å². The van der Waals surface area contributed by atoms with E-state index in [1.165, 1.54) is 0 Å². The molecule has 11 nitrogen and oxygen atoms in total. The summed E-state index contributed by atoms with van der Waals surface area (Å²) in [6.45, 7) is 1.24. The summed E-state index contributed by atoms with van der Waals surface area (Å²) in [6, 6.07) is -0.670. The number of hydrogen-bond donors (Lipinski definition) is 3. The summed E-state index contributed by atoms with van der Waals surface area (Å²) in [6.07, 6.45) is 0.957.